The summed E-state index contributed by atoms with van der Waals surface area (Å²) in [5.41, 5.74) is 4.70. The lowest BCUT2D eigenvalue weighted by molar-refractivity contribution is -0.132. The average molecular weight is 241 g/mol. The van der Waals surface area contributed by atoms with Gasteiger partial charge in [-0.05, 0) is 32.6 Å². The fourth-order valence-electron chi connectivity index (χ4n) is 2.12. The molecule has 2 rings (SSSR count). The van der Waals surface area contributed by atoms with Crippen LogP contribution in [0.15, 0.2) is 5.16 Å². The minimum absolute atomic E-state index is 0.0115. The number of rotatable bonds is 3. The molecule has 6 nitrogen and oxygen atoms in total. The number of carbonyl (C=O) groups is 1. The van der Waals surface area contributed by atoms with Crippen LogP contribution in [0.2, 0.25) is 0 Å². The van der Waals surface area contributed by atoms with Gasteiger partial charge in [0.05, 0.1) is 0 Å². The number of amides is 1. The number of nitrogens with zero attached hydrogens (tertiary/aromatic N) is 1. The standard InChI is InChI=1S/C11H19N3O3/c1-10(2-3-10)13-9(15)11(8(12)14-16)4-6-17-7-5-11/h16H,2-7H2,1H3,(H2,12,14)(H,13,15). The Bertz CT molecular complexity index is 344. The first-order valence-corrected chi connectivity index (χ1v) is 5.91. The van der Waals surface area contributed by atoms with E-state index in [0.717, 1.165) is 12.8 Å². The third kappa shape index (κ3) is 2.22. The summed E-state index contributed by atoms with van der Waals surface area (Å²) in [5.74, 6) is -0.154. The maximum absolute atomic E-state index is 12.3. The maximum atomic E-state index is 12.3. The van der Waals surface area contributed by atoms with E-state index in [1.54, 1.807) is 0 Å². The van der Waals surface area contributed by atoms with Crippen LogP contribution in [0, 0.1) is 5.41 Å². The van der Waals surface area contributed by atoms with Crippen LogP contribution in [-0.2, 0) is 9.53 Å². The Morgan fingerprint density at radius 2 is 1.94 bits per heavy atom. The molecule has 0 atom stereocenters. The van der Waals surface area contributed by atoms with Crippen LogP contribution in [0.5, 0.6) is 0 Å². The van der Waals surface area contributed by atoms with Crippen LogP contribution < -0.4 is 11.1 Å². The fraction of sp³-hybridized carbons (Fsp3) is 0.818. The van der Waals surface area contributed by atoms with Crippen LogP contribution in [-0.4, -0.2) is 35.7 Å². The average Bonchev–Trinajstić information content (AvgIpc) is 3.06. The molecular weight excluding hydrogens is 222 g/mol. The van der Waals surface area contributed by atoms with Crippen molar-refractivity contribution in [2.24, 2.45) is 16.3 Å². The molecule has 0 aromatic carbocycles. The zero-order valence-corrected chi connectivity index (χ0v) is 10.0. The fourth-order valence-corrected chi connectivity index (χ4v) is 2.12. The Morgan fingerprint density at radius 3 is 2.41 bits per heavy atom. The Morgan fingerprint density at radius 1 is 1.35 bits per heavy atom. The summed E-state index contributed by atoms with van der Waals surface area (Å²) in [5, 5.41) is 14.9. The summed E-state index contributed by atoms with van der Waals surface area (Å²) in [4.78, 5) is 12.3. The highest BCUT2D eigenvalue weighted by Crippen LogP contribution is 2.38. The summed E-state index contributed by atoms with van der Waals surface area (Å²) in [6.45, 7) is 2.92. The Labute approximate surface area is 100 Å². The molecule has 0 bridgehead atoms. The van der Waals surface area contributed by atoms with Crippen LogP contribution in [0.1, 0.15) is 32.6 Å². The highest BCUT2D eigenvalue weighted by Gasteiger charge is 2.49. The number of hydrogen-bond acceptors (Lipinski definition) is 4. The van der Waals surface area contributed by atoms with E-state index in [9.17, 15) is 4.79 Å². The smallest absolute Gasteiger partial charge is 0.234 e. The summed E-state index contributed by atoms with van der Waals surface area (Å²) >= 11 is 0. The van der Waals surface area contributed by atoms with Gasteiger partial charge in [-0.15, -0.1) is 0 Å². The van der Waals surface area contributed by atoms with E-state index < -0.39 is 5.41 Å². The molecule has 0 radical (unpaired) electrons. The van der Waals surface area contributed by atoms with Crippen molar-refractivity contribution in [1.82, 2.24) is 5.32 Å². The summed E-state index contributed by atoms with van der Waals surface area (Å²) in [6, 6.07) is 0. The second kappa shape index (κ2) is 4.18. The minimum atomic E-state index is -0.904. The first-order chi connectivity index (χ1) is 8.02. The van der Waals surface area contributed by atoms with Gasteiger partial charge in [0.1, 0.15) is 5.41 Å². The maximum Gasteiger partial charge on any atom is 0.234 e. The van der Waals surface area contributed by atoms with Gasteiger partial charge in [-0.3, -0.25) is 4.79 Å². The number of nitrogens with two attached hydrogens (primary N) is 1. The zero-order chi connectivity index (χ0) is 12.5. The zero-order valence-electron chi connectivity index (χ0n) is 10.0. The number of carbonyl (C=O) groups excluding carboxylic acids is 1. The lowest BCUT2D eigenvalue weighted by Crippen LogP contribution is -2.54. The molecule has 17 heavy (non-hydrogen) atoms. The van der Waals surface area contributed by atoms with E-state index >= 15 is 0 Å². The molecule has 2 fully saturated rings. The van der Waals surface area contributed by atoms with Gasteiger partial charge < -0.3 is 21.0 Å². The van der Waals surface area contributed by atoms with Gasteiger partial charge in [0.25, 0.3) is 0 Å². The molecular formula is C11H19N3O3. The van der Waals surface area contributed by atoms with Crippen LogP contribution in [0.25, 0.3) is 0 Å². The van der Waals surface area contributed by atoms with E-state index in [0.29, 0.717) is 26.1 Å². The molecule has 1 heterocycles. The van der Waals surface area contributed by atoms with Gasteiger partial charge in [0, 0.05) is 18.8 Å². The highest BCUT2D eigenvalue weighted by molar-refractivity contribution is 6.07. The van der Waals surface area contributed by atoms with Crippen molar-refractivity contribution >= 4 is 11.7 Å². The summed E-state index contributed by atoms with van der Waals surface area (Å²) in [7, 11) is 0. The molecule has 6 heteroatoms. The van der Waals surface area contributed by atoms with E-state index in [1.807, 2.05) is 6.92 Å². The minimum Gasteiger partial charge on any atom is -0.409 e. The third-order valence-electron chi connectivity index (χ3n) is 3.79. The first-order valence-electron chi connectivity index (χ1n) is 5.91. The normalized spacial score (nSPS) is 26.3. The van der Waals surface area contributed by atoms with E-state index in [-0.39, 0.29) is 17.3 Å². The van der Waals surface area contributed by atoms with Crippen molar-refractivity contribution in [3.8, 4) is 0 Å². The molecule has 1 saturated heterocycles. The largest absolute Gasteiger partial charge is 0.409 e. The van der Waals surface area contributed by atoms with Gasteiger partial charge in [0.15, 0.2) is 5.84 Å². The van der Waals surface area contributed by atoms with Crippen molar-refractivity contribution < 1.29 is 14.7 Å². The van der Waals surface area contributed by atoms with Crippen molar-refractivity contribution in [1.29, 1.82) is 0 Å². The second-order valence-electron chi connectivity index (χ2n) is 5.19. The Hall–Kier alpha value is -1.30. The van der Waals surface area contributed by atoms with Gasteiger partial charge in [-0.1, -0.05) is 5.16 Å². The van der Waals surface area contributed by atoms with Gasteiger partial charge in [-0.2, -0.15) is 0 Å². The highest BCUT2D eigenvalue weighted by atomic mass is 16.5. The Balaban J connectivity index is 2.17. The lowest BCUT2D eigenvalue weighted by atomic mass is 9.78. The number of ether oxygens (including phenoxy) is 1. The molecule has 2 aliphatic rings. The molecule has 0 aromatic rings. The number of hydrogen-bond donors (Lipinski definition) is 3. The lowest BCUT2D eigenvalue weighted by Gasteiger charge is -2.35. The van der Waals surface area contributed by atoms with Crippen LogP contribution >= 0.6 is 0 Å². The number of oxime groups is 1. The predicted octanol–water partition coefficient (Wildman–Crippen LogP) is 0.198. The summed E-state index contributed by atoms with van der Waals surface area (Å²) < 4.78 is 5.24. The first kappa shape index (κ1) is 12.2. The molecule has 1 amide bonds. The monoisotopic (exact) mass is 241 g/mol. The molecule has 1 saturated carbocycles. The summed E-state index contributed by atoms with van der Waals surface area (Å²) in [6.07, 6.45) is 2.90. The molecule has 0 spiro atoms. The molecule has 1 aliphatic heterocycles. The number of amidine groups is 1. The molecule has 0 aromatic heterocycles. The number of nitrogens with one attached hydrogen (secondary N) is 1. The van der Waals surface area contributed by atoms with Gasteiger partial charge in [0.2, 0.25) is 5.91 Å². The van der Waals surface area contributed by atoms with E-state index in [1.165, 1.54) is 0 Å². The third-order valence-corrected chi connectivity index (χ3v) is 3.79. The molecule has 1 aliphatic carbocycles. The van der Waals surface area contributed by atoms with Crippen LogP contribution in [0.4, 0.5) is 0 Å². The Kier molecular flexibility index (Phi) is 2.99. The van der Waals surface area contributed by atoms with E-state index in [2.05, 4.69) is 10.5 Å². The van der Waals surface area contributed by atoms with Gasteiger partial charge in [-0.25, -0.2) is 0 Å². The van der Waals surface area contributed by atoms with Crippen LogP contribution in [0.3, 0.4) is 0 Å². The quantitative estimate of drug-likeness (QED) is 0.284. The molecule has 4 N–H and O–H groups in total. The van der Waals surface area contributed by atoms with Crippen molar-refractivity contribution in [3.05, 3.63) is 0 Å². The van der Waals surface area contributed by atoms with E-state index in [4.69, 9.17) is 15.7 Å². The SMILES string of the molecule is CC1(NC(=O)C2(C(N)=NO)CCOCC2)CC1. The van der Waals surface area contributed by atoms with Crippen molar-refractivity contribution in [2.75, 3.05) is 13.2 Å². The molecule has 0 unspecified atom stereocenters. The molecule has 96 valence electrons. The second-order valence-corrected chi connectivity index (χ2v) is 5.19. The van der Waals surface area contributed by atoms with Crippen molar-refractivity contribution in [2.45, 2.75) is 38.1 Å². The van der Waals surface area contributed by atoms with Gasteiger partial charge >= 0.3 is 0 Å². The predicted molar refractivity (Wildman–Crippen MR) is 61.7 cm³/mol. The van der Waals surface area contributed by atoms with Crippen molar-refractivity contribution in [3.63, 3.8) is 0 Å². The topological polar surface area (TPSA) is 96.9 Å².